The summed E-state index contributed by atoms with van der Waals surface area (Å²) in [6.45, 7) is 4.12. The SMILES string of the molecule is Cc1ccccc1OC(C)C(=O)Nc1ccccc1C(=O)NCCc1ccccc1. The van der Waals surface area contributed by atoms with Gasteiger partial charge in [0.25, 0.3) is 11.8 Å². The number of anilines is 1. The Morgan fingerprint density at radius 1 is 0.900 bits per heavy atom. The van der Waals surface area contributed by atoms with Crippen molar-refractivity contribution in [1.29, 1.82) is 0 Å². The maximum atomic E-state index is 12.6. The highest BCUT2D eigenvalue weighted by Crippen LogP contribution is 2.19. The van der Waals surface area contributed by atoms with Gasteiger partial charge in [-0.3, -0.25) is 9.59 Å². The molecule has 0 aliphatic carbocycles. The molecule has 0 radical (unpaired) electrons. The second kappa shape index (κ2) is 10.3. The summed E-state index contributed by atoms with van der Waals surface area (Å²) in [5.41, 5.74) is 2.99. The van der Waals surface area contributed by atoms with Crippen LogP contribution in [0.15, 0.2) is 78.9 Å². The number of rotatable bonds is 8. The number of carbonyl (C=O) groups is 2. The summed E-state index contributed by atoms with van der Waals surface area (Å²) in [5, 5.41) is 5.73. The zero-order chi connectivity index (χ0) is 21.3. The van der Waals surface area contributed by atoms with Gasteiger partial charge in [0.2, 0.25) is 0 Å². The average Bonchev–Trinajstić information content (AvgIpc) is 2.76. The second-order valence-electron chi connectivity index (χ2n) is 7.05. The van der Waals surface area contributed by atoms with Gasteiger partial charge in [0.05, 0.1) is 11.3 Å². The zero-order valence-corrected chi connectivity index (χ0v) is 17.2. The molecule has 2 amide bonds. The molecule has 30 heavy (non-hydrogen) atoms. The molecule has 0 saturated carbocycles. The van der Waals surface area contributed by atoms with E-state index in [0.717, 1.165) is 17.5 Å². The van der Waals surface area contributed by atoms with E-state index in [1.54, 1.807) is 31.2 Å². The monoisotopic (exact) mass is 402 g/mol. The van der Waals surface area contributed by atoms with Gasteiger partial charge in [-0.15, -0.1) is 0 Å². The lowest BCUT2D eigenvalue weighted by molar-refractivity contribution is -0.122. The van der Waals surface area contributed by atoms with Crippen molar-refractivity contribution in [2.75, 3.05) is 11.9 Å². The highest BCUT2D eigenvalue weighted by molar-refractivity contribution is 6.04. The number of hydrogen-bond donors (Lipinski definition) is 2. The molecule has 0 spiro atoms. The number of aryl methyl sites for hydroxylation is 1. The van der Waals surface area contributed by atoms with Crippen LogP contribution in [0.2, 0.25) is 0 Å². The normalized spacial score (nSPS) is 11.4. The van der Waals surface area contributed by atoms with Crippen LogP contribution in [0.5, 0.6) is 5.75 Å². The summed E-state index contributed by atoms with van der Waals surface area (Å²) in [6.07, 6.45) is 0.0304. The lowest BCUT2D eigenvalue weighted by Crippen LogP contribution is -2.32. The summed E-state index contributed by atoms with van der Waals surface area (Å²) in [7, 11) is 0. The number of para-hydroxylation sites is 2. The van der Waals surface area contributed by atoms with Crippen molar-refractivity contribution in [2.45, 2.75) is 26.4 Å². The molecule has 3 aromatic carbocycles. The molecule has 0 heterocycles. The highest BCUT2D eigenvalue weighted by atomic mass is 16.5. The van der Waals surface area contributed by atoms with Crippen molar-refractivity contribution in [3.8, 4) is 5.75 Å². The minimum Gasteiger partial charge on any atom is -0.481 e. The van der Waals surface area contributed by atoms with Crippen LogP contribution in [0.3, 0.4) is 0 Å². The lowest BCUT2D eigenvalue weighted by atomic mass is 10.1. The molecule has 3 rings (SSSR count). The van der Waals surface area contributed by atoms with Crippen LogP contribution in [0.4, 0.5) is 5.69 Å². The van der Waals surface area contributed by atoms with E-state index < -0.39 is 6.10 Å². The Hall–Kier alpha value is -3.60. The number of benzene rings is 3. The first-order chi connectivity index (χ1) is 14.5. The van der Waals surface area contributed by atoms with E-state index in [9.17, 15) is 9.59 Å². The Morgan fingerprint density at radius 3 is 2.33 bits per heavy atom. The van der Waals surface area contributed by atoms with Crippen LogP contribution < -0.4 is 15.4 Å². The molecule has 0 fully saturated rings. The molecule has 3 aromatic rings. The molecule has 1 atom stereocenters. The highest BCUT2D eigenvalue weighted by Gasteiger charge is 2.19. The van der Waals surface area contributed by atoms with Gasteiger partial charge in [0.15, 0.2) is 6.10 Å². The van der Waals surface area contributed by atoms with Gasteiger partial charge in [-0.05, 0) is 49.6 Å². The largest absolute Gasteiger partial charge is 0.481 e. The van der Waals surface area contributed by atoms with E-state index in [0.29, 0.717) is 23.5 Å². The summed E-state index contributed by atoms with van der Waals surface area (Å²) in [4.78, 5) is 25.3. The second-order valence-corrected chi connectivity index (χ2v) is 7.05. The van der Waals surface area contributed by atoms with E-state index in [4.69, 9.17) is 4.74 Å². The van der Waals surface area contributed by atoms with Crippen molar-refractivity contribution < 1.29 is 14.3 Å². The van der Waals surface area contributed by atoms with Crippen molar-refractivity contribution >= 4 is 17.5 Å². The van der Waals surface area contributed by atoms with Gasteiger partial charge in [0, 0.05) is 6.54 Å². The molecular weight excluding hydrogens is 376 g/mol. The quantitative estimate of drug-likeness (QED) is 0.588. The van der Waals surface area contributed by atoms with Gasteiger partial charge in [0.1, 0.15) is 5.75 Å². The molecule has 0 aliphatic rings. The predicted molar refractivity (Wildman–Crippen MR) is 119 cm³/mol. The van der Waals surface area contributed by atoms with Crippen LogP contribution in [0, 0.1) is 6.92 Å². The van der Waals surface area contributed by atoms with Crippen molar-refractivity contribution in [3.05, 3.63) is 95.6 Å². The molecule has 0 saturated heterocycles. The van der Waals surface area contributed by atoms with Gasteiger partial charge in [-0.25, -0.2) is 0 Å². The number of carbonyl (C=O) groups excluding carboxylic acids is 2. The van der Waals surface area contributed by atoms with Gasteiger partial charge >= 0.3 is 0 Å². The number of amides is 2. The predicted octanol–water partition coefficient (Wildman–Crippen LogP) is 4.37. The van der Waals surface area contributed by atoms with Crippen LogP contribution in [-0.4, -0.2) is 24.5 Å². The number of ether oxygens (including phenoxy) is 1. The van der Waals surface area contributed by atoms with Gasteiger partial charge in [-0.1, -0.05) is 60.7 Å². The molecule has 0 aliphatic heterocycles. The third-order valence-electron chi connectivity index (χ3n) is 4.74. The molecule has 1 unspecified atom stereocenters. The summed E-state index contributed by atoms with van der Waals surface area (Å²) < 4.78 is 5.78. The number of hydrogen-bond acceptors (Lipinski definition) is 3. The van der Waals surface area contributed by atoms with E-state index in [1.807, 2.05) is 61.5 Å². The van der Waals surface area contributed by atoms with Crippen LogP contribution >= 0.6 is 0 Å². The smallest absolute Gasteiger partial charge is 0.265 e. The standard InChI is InChI=1S/C25H26N2O3/c1-18-10-6-9-15-23(18)30-19(2)24(28)27-22-14-8-7-13-21(22)25(29)26-17-16-20-11-4-3-5-12-20/h3-15,19H,16-17H2,1-2H3,(H,26,29)(H,27,28). The average molecular weight is 402 g/mol. The maximum absolute atomic E-state index is 12.6. The first-order valence-electron chi connectivity index (χ1n) is 9.99. The van der Waals surface area contributed by atoms with Crippen LogP contribution in [0.1, 0.15) is 28.4 Å². The summed E-state index contributed by atoms with van der Waals surface area (Å²) in [6, 6.07) is 24.5. The first kappa shape index (κ1) is 21.1. The molecule has 154 valence electrons. The minimum absolute atomic E-state index is 0.227. The Morgan fingerprint density at radius 2 is 1.57 bits per heavy atom. The number of nitrogens with one attached hydrogen (secondary N) is 2. The fourth-order valence-corrected chi connectivity index (χ4v) is 3.02. The fraction of sp³-hybridized carbons (Fsp3) is 0.200. The van der Waals surface area contributed by atoms with E-state index in [1.165, 1.54) is 0 Å². The van der Waals surface area contributed by atoms with Gasteiger partial charge < -0.3 is 15.4 Å². The van der Waals surface area contributed by atoms with Gasteiger partial charge in [-0.2, -0.15) is 0 Å². The molecular formula is C25H26N2O3. The third-order valence-corrected chi connectivity index (χ3v) is 4.74. The third kappa shape index (κ3) is 5.70. The topological polar surface area (TPSA) is 67.4 Å². The molecule has 2 N–H and O–H groups in total. The Bertz CT molecular complexity index is 1000. The van der Waals surface area contributed by atoms with Crippen LogP contribution in [-0.2, 0) is 11.2 Å². The Kier molecular flexibility index (Phi) is 7.22. The van der Waals surface area contributed by atoms with E-state index >= 15 is 0 Å². The van der Waals surface area contributed by atoms with Crippen molar-refractivity contribution in [2.24, 2.45) is 0 Å². The lowest BCUT2D eigenvalue weighted by Gasteiger charge is -2.17. The summed E-state index contributed by atoms with van der Waals surface area (Å²) in [5.74, 6) is 0.115. The Labute approximate surface area is 177 Å². The summed E-state index contributed by atoms with van der Waals surface area (Å²) >= 11 is 0. The van der Waals surface area contributed by atoms with E-state index in [2.05, 4.69) is 10.6 Å². The molecule has 0 aromatic heterocycles. The van der Waals surface area contributed by atoms with E-state index in [-0.39, 0.29) is 11.8 Å². The fourth-order valence-electron chi connectivity index (χ4n) is 3.02. The van der Waals surface area contributed by atoms with Crippen LogP contribution in [0.25, 0.3) is 0 Å². The zero-order valence-electron chi connectivity index (χ0n) is 17.2. The van der Waals surface area contributed by atoms with Crippen molar-refractivity contribution in [1.82, 2.24) is 5.32 Å². The maximum Gasteiger partial charge on any atom is 0.265 e. The minimum atomic E-state index is -0.708. The molecule has 5 nitrogen and oxygen atoms in total. The molecule has 0 bridgehead atoms. The van der Waals surface area contributed by atoms with Crippen molar-refractivity contribution in [3.63, 3.8) is 0 Å². The first-order valence-corrected chi connectivity index (χ1v) is 9.99. The Balaban J connectivity index is 1.60. The molecule has 5 heteroatoms.